The van der Waals surface area contributed by atoms with Crippen molar-refractivity contribution >= 4 is 5.78 Å². The summed E-state index contributed by atoms with van der Waals surface area (Å²) in [7, 11) is 0. The van der Waals surface area contributed by atoms with Crippen LogP contribution in [0.3, 0.4) is 0 Å². The van der Waals surface area contributed by atoms with Gasteiger partial charge in [-0.05, 0) is 39.8 Å². The first kappa shape index (κ1) is 10.7. The van der Waals surface area contributed by atoms with Gasteiger partial charge in [0.2, 0.25) is 5.78 Å². The summed E-state index contributed by atoms with van der Waals surface area (Å²) in [6, 6.07) is 3.48. The zero-order valence-corrected chi connectivity index (χ0v) is 9.88. The summed E-state index contributed by atoms with van der Waals surface area (Å²) in [6.07, 6.45) is 0. The first-order valence-corrected chi connectivity index (χ1v) is 5.18. The molecule has 84 valence electrons. The van der Waals surface area contributed by atoms with E-state index in [0.717, 1.165) is 17.1 Å². The predicted molar refractivity (Wildman–Crippen MR) is 59.8 cm³/mol. The molecule has 0 saturated carbocycles. The van der Waals surface area contributed by atoms with Crippen molar-refractivity contribution in [3.8, 4) is 0 Å². The molecule has 0 aliphatic carbocycles. The number of furan rings is 2. The highest BCUT2D eigenvalue weighted by molar-refractivity contribution is 6.08. The SMILES string of the molecule is Cc1ccc(C(=O)c2c(C)oc(C)c2C)o1. The van der Waals surface area contributed by atoms with Gasteiger partial charge in [0.15, 0.2) is 5.76 Å². The van der Waals surface area contributed by atoms with Crippen LogP contribution in [0.15, 0.2) is 21.0 Å². The summed E-state index contributed by atoms with van der Waals surface area (Å²) < 4.78 is 10.8. The van der Waals surface area contributed by atoms with Crippen LogP contribution in [-0.2, 0) is 0 Å². The molecule has 0 saturated heterocycles. The first-order chi connectivity index (χ1) is 7.50. The lowest BCUT2D eigenvalue weighted by atomic mass is 10.0. The predicted octanol–water partition coefficient (Wildman–Crippen LogP) is 3.34. The topological polar surface area (TPSA) is 43.4 Å². The molecule has 0 spiro atoms. The standard InChI is InChI=1S/C13H14O3/c1-7-5-6-11(15-7)13(14)12-8(2)9(3)16-10(12)4/h5-6H,1-4H3. The number of carbonyl (C=O) groups is 1. The van der Waals surface area contributed by atoms with Crippen LogP contribution in [0, 0.1) is 27.7 Å². The number of aryl methyl sites for hydroxylation is 3. The summed E-state index contributed by atoms with van der Waals surface area (Å²) in [6.45, 7) is 7.35. The monoisotopic (exact) mass is 218 g/mol. The fraction of sp³-hybridized carbons (Fsp3) is 0.308. The maximum atomic E-state index is 12.2. The highest BCUT2D eigenvalue weighted by atomic mass is 16.4. The lowest BCUT2D eigenvalue weighted by molar-refractivity contribution is 0.101. The Bertz CT molecular complexity index is 544. The fourth-order valence-corrected chi connectivity index (χ4v) is 1.81. The molecule has 2 aromatic rings. The molecule has 16 heavy (non-hydrogen) atoms. The van der Waals surface area contributed by atoms with E-state index in [9.17, 15) is 4.79 Å². The molecule has 0 aliphatic heterocycles. The molecule has 0 atom stereocenters. The Kier molecular flexibility index (Phi) is 2.46. The average molecular weight is 218 g/mol. The van der Waals surface area contributed by atoms with Crippen molar-refractivity contribution in [2.45, 2.75) is 27.7 Å². The van der Waals surface area contributed by atoms with Gasteiger partial charge in [-0.2, -0.15) is 0 Å². The summed E-state index contributed by atoms with van der Waals surface area (Å²) in [5, 5.41) is 0. The molecule has 0 fully saturated rings. The van der Waals surface area contributed by atoms with E-state index in [1.165, 1.54) is 0 Å². The highest BCUT2D eigenvalue weighted by Gasteiger charge is 2.22. The van der Waals surface area contributed by atoms with E-state index >= 15 is 0 Å². The number of rotatable bonds is 2. The second-order valence-electron chi connectivity index (χ2n) is 3.95. The fourth-order valence-electron chi connectivity index (χ4n) is 1.81. The van der Waals surface area contributed by atoms with Crippen LogP contribution < -0.4 is 0 Å². The van der Waals surface area contributed by atoms with Crippen molar-refractivity contribution < 1.29 is 13.6 Å². The highest BCUT2D eigenvalue weighted by Crippen LogP contribution is 2.24. The normalized spacial score (nSPS) is 10.8. The zero-order chi connectivity index (χ0) is 11.9. The average Bonchev–Trinajstić information content (AvgIpc) is 2.73. The third kappa shape index (κ3) is 1.58. The van der Waals surface area contributed by atoms with Crippen LogP contribution in [0.5, 0.6) is 0 Å². The summed E-state index contributed by atoms with van der Waals surface area (Å²) in [5.74, 6) is 2.42. The van der Waals surface area contributed by atoms with Gasteiger partial charge in [-0.1, -0.05) is 0 Å². The van der Waals surface area contributed by atoms with Crippen molar-refractivity contribution in [2.75, 3.05) is 0 Å². The maximum absolute atomic E-state index is 12.2. The molecule has 2 rings (SSSR count). The molecule has 2 aromatic heterocycles. The Morgan fingerprint density at radius 3 is 2.12 bits per heavy atom. The molecule has 0 aromatic carbocycles. The van der Waals surface area contributed by atoms with E-state index in [2.05, 4.69) is 0 Å². The van der Waals surface area contributed by atoms with Crippen LogP contribution in [0.2, 0.25) is 0 Å². The lowest BCUT2D eigenvalue weighted by Crippen LogP contribution is -2.02. The third-order valence-corrected chi connectivity index (χ3v) is 2.75. The minimum absolute atomic E-state index is 0.111. The minimum Gasteiger partial charge on any atom is -0.466 e. The molecule has 0 radical (unpaired) electrons. The Morgan fingerprint density at radius 1 is 1.00 bits per heavy atom. The number of hydrogen-bond acceptors (Lipinski definition) is 3. The molecule has 3 nitrogen and oxygen atoms in total. The van der Waals surface area contributed by atoms with Gasteiger partial charge in [-0.15, -0.1) is 0 Å². The molecular weight excluding hydrogens is 204 g/mol. The zero-order valence-electron chi connectivity index (χ0n) is 9.88. The van der Waals surface area contributed by atoms with Crippen molar-refractivity contribution in [3.63, 3.8) is 0 Å². The molecule has 0 bridgehead atoms. The Labute approximate surface area is 94.1 Å². The first-order valence-electron chi connectivity index (χ1n) is 5.18. The summed E-state index contributed by atoms with van der Waals surface area (Å²) >= 11 is 0. The van der Waals surface area contributed by atoms with E-state index in [1.54, 1.807) is 19.1 Å². The van der Waals surface area contributed by atoms with E-state index in [1.807, 2.05) is 20.8 Å². The number of carbonyl (C=O) groups excluding carboxylic acids is 1. The van der Waals surface area contributed by atoms with Crippen molar-refractivity contribution in [2.24, 2.45) is 0 Å². The van der Waals surface area contributed by atoms with Gasteiger partial charge < -0.3 is 8.83 Å². The number of ketones is 1. The van der Waals surface area contributed by atoms with Crippen molar-refractivity contribution in [1.82, 2.24) is 0 Å². The van der Waals surface area contributed by atoms with E-state index < -0.39 is 0 Å². The second kappa shape index (κ2) is 3.67. The number of hydrogen-bond donors (Lipinski definition) is 0. The second-order valence-corrected chi connectivity index (χ2v) is 3.95. The maximum Gasteiger partial charge on any atom is 0.231 e. The van der Waals surface area contributed by atoms with Crippen molar-refractivity contribution in [3.05, 3.63) is 46.3 Å². The van der Waals surface area contributed by atoms with Crippen LogP contribution in [0.1, 0.15) is 39.0 Å². The van der Waals surface area contributed by atoms with Crippen LogP contribution in [0.25, 0.3) is 0 Å². The largest absolute Gasteiger partial charge is 0.466 e. The van der Waals surface area contributed by atoms with E-state index in [-0.39, 0.29) is 5.78 Å². The molecule has 3 heteroatoms. The molecule has 2 heterocycles. The third-order valence-electron chi connectivity index (χ3n) is 2.75. The molecular formula is C13H14O3. The molecule has 0 aliphatic rings. The quantitative estimate of drug-likeness (QED) is 0.726. The minimum atomic E-state index is -0.111. The van der Waals surface area contributed by atoms with Gasteiger partial charge in [0.05, 0.1) is 5.56 Å². The Balaban J connectivity index is 2.49. The van der Waals surface area contributed by atoms with Crippen LogP contribution in [-0.4, -0.2) is 5.78 Å². The van der Waals surface area contributed by atoms with Crippen LogP contribution >= 0.6 is 0 Å². The summed E-state index contributed by atoms with van der Waals surface area (Å²) in [4.78, 5) is 12.2. The van der Waals surface area contributed by atoms with E-state index in [4.69, 9.17) is 8.83 Å². The van der Waals surface area contributed by atoms with E-state index in [0.29, 0.717) is 17.1 Å². The van der Waals surface area contributed by atoms with Gasteiger partial charge in [0, 0.05) is 5.56 Å². The molecule has 0 unspecified atom stereocenters. The van der Waals surface area contributed by atoms with Crippen LogP contribution in [0.4, 0.5) is 0 Å². The Morgan fingerprint density at radius 2 is 1.69 bits per heavy atom. The smallest absolute Gasteiger partial charge is 0.231 e. The van der Waals surface area contributed by atoms with Crippen molar-refractivity contribution in [1.29, 1.82) is 0 Å². The molecule has 0 N–H and O–H groups in total. The lowest BCUT2D eigenvalue weighted by Gasteiger charge is -1.97. The van der Waals surface area contributed by atoms with Gasteiger partial charge in [0.1, 0.15) is 17.3 Å². The van der Waals surface area contributed by atoms with Gasteiger partial charge in [-0.3, -0.25) is 4.79 Å². The molecule has 0 amide bonds. The summed E-state index contributed by atoms with van der Waals surface area (Å²) in [5.41, 5.74) is 1.50. The van der Waals surface area contributed by atoms with Gasteiger partial charge in [-0.25, -0.2) is 0 Å². The Hall–Kier alpha value is -1.77. The van der Waals surface area contributed by atoms with Gasteiger partial charge in [0.25, 0.3) is 0 Å². The van der Waals surface area contributed by atoms with Gasteiger partial charge >= 0.3 is 0 Å².